The molecule has 1 fully saturated rings. The summed E-state index contributed by atoms with van der Waals surface area (Å²) >= 11 is 0. The van der Waals surface area contributed by atoms with Gasteiger partial charge in [0, 0.05) is 18.7 Å². The van der Waals surface area contributed by atoms with Crippen molar-refractivity contribution >= 4 is 21.4 Å². The fourth-order valence-corrected chi connectivity index (χ4v) is 4.22. The minimum atomic E-state index is -3.53. The molecule has 2 rings (SSSR count). The molecule has 1 aromatic carbocycles. The van der Waals surface area contributed by atoms with Gasteiger partial charge in [-0.2, -0.15) is 0 Å². The summed E-state index contributed by atoms with van der Waals surface area (Å²) in [5, 5.41) is 6.26. The first-order chi connectivity index (χ1) is 11.8. The molecule has 0 spiro atoms. The van der Waals surface area contributed by atoms with Crippen molar-refractivity contribution in [3.63, 3.8) is 0 Å². The van der Waals surface area contributed by atoms with Gasteiger partial charge in [0.15, 0.2) is 9.84 Å². The molecule has 0 radical (unpaired) electrons. The van der Waals surface area contributed by atoms with E-state index in [4.69, 9.17) is 10.5 Å². The quantitative estimate of drug-likeness (QED) is 0.623. The molecule has 1 aliphatic rings. The third-order valence-electron chi connectivity index (χ3n) is 4.79. The zero-order chi connectivity index (χ0) is 18.6. The van der Waals surface area contributed by atoms with Gasteiger partial charge in [-0.05, 0) is 24.9 Å². The Labute approximate surface area is 149 Å². The number of benzene rings is 1. The molecule has 0 aromatic heterocycles. The number of nitrogen functional groups attached to an aromatic ring is 1. The van der Waals surface area contributed by atoms with Gasteiger partial charge >= 0.3 is 0 Å². The maximum absolute atomic E-state index is 12.6. The summed E-state index contributed by atoms with van der Waals surface area (Å²) < 4.78 is 29.6. The number of sulfone groups is 1. The van der Waals surface area contributed by atoms with Crippen LogP contribution in [-0.2, 0) is 9.84 Å². The van der Waals surface area contributed by atoms with Crippen LogP contribution in [-0.4, -0.2) is 46.3 Å². The van der Waals surface area contributed by atoms with Gasteiger partial charge in [-0.1, -0.05) is 20.3 Å². The van der Waals surface area contributed by atoms with E-state index >= 15 is 0 Å². The highest BCUT2D eigenvalue weighted by Crippen LogP contribution is 2.29. The molecule has 4 N–H and O–H groups in total. The van der Waals surface area contributed by atoms with Crippen molar-refractivity contribution in [1.29, 1.82) is 0 Å². The van der Waals surface area contributed by atoms with Crippen molar-refractivity contribution in [1.82, 2.24) is 10.6 Å². The molecular weight excluding hydrogens is 342 g/mol. The third kappa shape index (κ3) is 4.24. The molecule has 0 saturated carbocycles. The van der Waals surface area contributed by atoms with Crippen molar-refractivity contribution in [2.24, 2.45) is 5.92 Å². The van der Waals surface area contributed by atoms with Crippen molar-refractivity contribution < 1.29 is 17.9 Å². The number of hydrogen-bond donors (Lipinski definition) is 3. The molecular formula is C17H27N3O4S. The molecule has 0 aliphatic carbocycles. The van der Waals surface area contributed by atoms with Gasteiger partial charge < -0.3 is 21.1 Å². The van der Waals surface area contributed by atoms with Gasteiger partial charge in [0.05, 0.1) is 29.0 Å². The molecule has 1 amide bonds. The van der Waals surface area contributed by atoms with E-state index in [0.717, 1.165) is 19.4 Å². The van der Waals surface area contributed by atoms with Crippen LogP contribution in [0.5, 0.6) is 5.75 Å². The maximum atomic E-state index is 12.6. The van der Waals surface area contributed by atoms with Gasteiger partial charge in [0.1, 0.15) is 5.75 Å². The number of nitrogens with two attached hydrogens (primary N) is 1. The van der Waals surface area contributed by atoms with Crippen molar-refractivity contribution in [2.75, 3.05) is 31.7 Å². The van der Waals surface area contributed by atoms with Gasteiger partial charge in [-0.25, -0.2) is 8.42 Å². The molecule has 2 atom stereocenters. The lowest BCUT2D eigenvalue weighted by Crippen LogP contribution is -2.40. The Bertz CT molecular complexity index is 734. The molecule has 1 aromatic rings. The number of nitrogens with one attached hydrogen (secondary N) is 2. The Kier molecular flexibility index (Phi) is 6.29. The summed E-state index contributed by atoms with van der Waals surface area (Å²) in [6.45, 7) is 5.11. The summed E-state index contributed by atoms with van der Waals surface area (Å²) in [4.78, 5) is 12.6. The van der Waals surface area contributed by atoms with E-state index in [0.29, 0.717) is 12.5 Å². The lowest BCUT2D eigenvalue weighted by Gasteiger charge is -2.19. The molecule has 0 bridgehead atoms. The van der Waals surface area contributed by atoms with Gasteiger partial charge in [-0.3, -0.25) is 4.79 Å². The Morgan fingerprint density at radius 3 is 2.72 bits per heavy atom. The zero-order valence-electron chi connectivity index (χ0n) is 15.0. The van der Waals surface area contributed by atoms with Crippen molar-refractivity contribution in [3.8, 4) is 5.75 Å². The first-order valence-corrected chi connectivity index (χ1v) is 10.2. The van der Waals surface area contributed by atoms with E-state index in [1.807, 2.05) is 0 Å². The second-order valence-corrected chi connectivity index (χ2v) is 8.47. The highest BCUT2D eigenvalue weighted by molar-refractivity contribution is 7.91. The largest absolute Gasteiger partial charge is 0.496 e. The molecule has 25 heavy (non-hydrogen) atoms. The fraction of sp³-hybridized carbons (Fsp3) is 0.588. The first kappa shape index (κ1) is 19.5. The summed E-state index contributed by atoms with van der Waals surface area (Å²) in [6.07, 6.45) is 2.15. The minimum Gasteiger partial charge on any atom is -0.496 e. The molecule has 140 valence electrons. The second-order valence-electron chi connectivity index (χ2n) is 6.22. The first-order valence-electron chi connectivity index (χ1n) is 8.55. The van der Waals surface area contributed by atoms with Crippen LogP contribution in [0, 0.1) is 5.92 Å². The SMILES string of the molecule is CCC1CCNC1CNC(=O)c1cc(S(=O)(=O)CC)c(N)cc1OC. The standard InChI is InChI=1S/C17H27N3O4S/c1-4-11-6-7-19-14(11)10-20-17(21)12-8-16(25(22,23)5-2)13(18)9-15(12)24-3/h8-9,11,14,19H,4-7,10,18H2,1-3H3,(H,20,21). The number of rotatable bonds is 7. The smallest absolute Gasteiger partial charge is 0.255 e. The van der Waals surface area contributed by atoms with Gasteiger partial charge in [0.25, 0.3) is 5.91 Å². The van der Waals surface area contributed by atoms with Crippen LogP contribution >= 0.6 is 0 Å². The number of anilines is 1. The summed E-state index contributed by atoms with van der Waals surface area (Å²) in [5.74, 6) is 0.337. The molecule has 1 aliphatic heterocycles. The Morgan fingerprint density at radius 1 is 1.40 bits per heavy atom. The minimum absolute atomic E-state index is 0.0358. The van der Waals surface area contributed by atoms with Crippen LogP contribution in [0.25, 0.3) is 0 Å². The van der Waals surface area contributed by atoms with Crippen molar-refractivity contribution in [2.45, 2.75) is 37.6 Å². The maximum Gasteiger partial charge on any atom is 0.255 e. The molecule has 8 heteroatoms. The lowest BCUT2D eigenvalue weighted by molar-refractivity contribution is 0.0945. The number of ether oxygens (including phenoxy) is 1. The fourth-order valence-electron chi connectivity index (χ4n) is 3.19. The van der Waals surface area contributed by atoms with E-state index in [1.54, 1.807) is 0 Å². The average molecular weight is 369 g/mol. The highest BCUT2D eigenvalue weighted by Gasteiger charge is 2.27. The van der Waals surface area contributed by atoms with Crippen LogP contribution in [0.4, 0.5) is 5.69 Å². The van der Waals surface area contributed by atoms with E-state index in [2.05, 4.69) is 17.6 Å². The third-order valence-corrected chi connectivity index (χ3v) is 6.57. The monoisotopic (exact) mass is 369 g/mol. The number of carbonyl (C=O) groups is 1. The highest BCUT2D eigenvalue weighted by atomic mass is 32.2. The average Bonchev–Trinajstić information content (AvgIpc) is 3.06. The summed E-state index contributed by atoms with van der Waals surface area (Å²) in [5.41, 5.74) is 6.09. The van der Waals surface area contributed by atoms with Crippen LogP contribution in [0.15, 0.2) is 17.0 Å². The summed E-state index contributed by atoms with van der Waals surface area (Å²) in [6, 6.07) is 2.93. The number of carbonyl (C=O) groups excluding carboxylic acids is 1. The molecule has 2 unspecified atom stereocenters. The zero-order valence-corrected chi connectivity index (χ0v) is 15.8. The van der Waals surface area contributed by atoms with Gasteiger partial charge in [-0.15, -0.1) is 0 Å². The van der Waals surface area contributed by atoms with Crippen LogP contribution in [0.3, 0.4) is 0 Å². The number of amides is 1. The van der Waals surface area contributed by atoms with Crippen LogP contribution < -0.4 is 21.1 Å². The van der Waals surface area contributed by atoms with Gasteiger partial charge in [0.2, 0.25) is 0 Å². The van der Waals surface area contributed by atoms with E-state index in [9.17, 15) is 13.2 Å². The van der Waals surface area contributed by atoms with Crippen molar-refractivity contribution in [3.05, 3.63) is 17.7 Å². The summed E-state index contributed by atoms with van der Waals surface area (Å²) in [7, 11) is -2.10. The molecule has 1 saturated heterocycles. The van der Waals surface area contributed by atoms with E-state index < -0.39 is 9.84 Å². The van der Waals surface area contributed by atoms with Crippen LogP contribution in [0.1, 0.15) is 37.0 Å². The Hall–Kier alpha value is -1.80. The predicted molar refractivity (Wildman–Crippen MR) is 97.7 cm³/mol. The number of hydrogen-bond acceptors (Lipinski definition) is 6. The van der Waals surface area contributed by atoms with E-state index in [1.165, 1.54) is 26.2 Å². The molecule has 1 heterocycles. The topological polar surface area (TPSA) is 111 Å². The Morgan fingerprint density at radius 2 is 2.12 bits per heavy atom. The molecule has 7 nitrogen and oxygen atoms in total. The normalized spacial score (nSPS) is 20.4. The van der Waals surface area contributed by atoms with Crippen LogP contribution in [0.2, 0.25) is 0 Å². The Balaban J connectivity index is 2.24. The predicted octanol–water partition coefficient (Wildman–Crippen LogP) is 1.19. The number of methoxy groups -OCH3 is 1. The van der Waals surface area contributed by atoms with E-state index in [-0.39, 0.29) is 39.6 Å². The lowest BCUT2D eigenvalue weighted by atomic mass is 9.98. The second kappa shape index (κ2) is 8.05.